The van der Waals surface area contributed by atoms with Gasteiger partial charge in [0.25, 0.3) is 0 Å². The van der Waals surface area contributed by atoms with E-state index in [-0.39, 0.29) is 11.3 Å². The molecule has 1 aromatic carbocycles. The quantitative estimate of drug-likeness (QED) is 0.901. The number of carbonyl (C=O) groups excluding carboxylic acids is 1. The van der Waals surface area contributed by atoms with Gasteiger partial charge >= 0.3 is 12.1 Å². The Morgan fingerprint density at radius 3 is 2.59 bits per heavy atom. The first-order valence-electron chi connectivity index (χ1n) is 6.48. The lowest BCUT2D eigenvalue weighted by Crippen LogP contribution is -2.27. The molecule has 2 N–H and O–H groups in total. The highest BCUT2D eigenvalue weighted by molar-refractivity contribution is 5.93. The number of nitrogens with zero attached hydrogens (tertiary/aromatic N) is 3. The highest BCUT2D eigenvalue weighted by Crippen LogP contribution is 2.22. The van der Waals surface area contributed by atoms with Crippen molar-refractivity contribution in [2.45, 2.75) is 26.4 Å². The Balaban J connectivity index is 2.36. The molecule has 1 aromatic heterocycles. The fourth-order valence-corrected chi connectivity index (χ4v) is 1.72. The maximum atomic E-state index is 11.9. The number of amides is 1. The van der Waals surface area contributed by atoms with Crippen LogP contribution in [0.4, 0.5) is 10.5 Å². The molecule has 2 rings (SSSR count). The number of aromatic carboxylic acids is 1. The van der Waals surface area contributed by atoms with Crippen LogP contribution in [-0.4, -0.2) is 37.5 Å². The summed E-state index contributed by atoms with van der Waals surface area (Å²) in [6, 6.07) is 4.29. The SMILES string of the molecule is CC(C)(C)OC(=O)Nc1cc(C(=O)O)ccc1-n1cncn1. The molecule has 8 nitrogen and oxygen atoms in total. The van der Waals surface area contributed by atoms with Gasteiger partial charge in [0.2, 0.25) is 0 Å². The molecule has 0 saturated heterocycles. The lowest BCUT2D eigenvalue weighted by Gasteiger charge is -2.20. The molecule has 8 heteroatoms. The molecule has 0 bridgehead atoms. The standard InChI is InChI=1S/C14H16N4O4/c1-14(2,3)22-13(21)17-10-6-9(12(19)20)4-5-11(10)18-8-15-7-16-18/h4-8H,1-3H3,(H,17,21)(H,19,20). The van der Waals surface area contributed by atoms with Crippen molar-refractivity contribution in [3.05, 3.63) is 36.4 Å². The maximum Gasteiger partial charge on any atom is 0.412 e. The number of nitrogens with one attached hydrogen (secondary N) is 1. The molecule has 116 valence electrons. The molecule has 0 radical (unpaired) electrons. The third kappa shape index (κ3) is 3.81. The second-order valence-electron chi connectivity index (χ2n) is 5.50. The predicted octanol–water partition coefficient (Wildman–Crippen LogP) is 2.31. The maximum absolute atomic E-state index is 11.9. The minimum Gasteiger partial charge on any atom is -0.478 e. The highest BCUT2D eigenvalue weighted by atomic mass is 16.6. The summed E-state index contributed by atoms with van der Waals surface area (Å²) in [6.45, 7) is 5.20. The van der Waals surface area contributed by atoms with Gasteiger partial charge in [0, 0.05) is 0 Å². The largest absolute Gasteiger partial charge is 0.478 e. The summed E-state index contributed by atoms with van der Waals surface area (Å²) in [4.78, 5) is 26.8. The van der Waals surface area contributed by atoms with E-state index in [4.69, 9.17) is 9.84 Å². The number of carbonyl (C=O) groups is 2. The number of carboxylic acids is 1. The molecule has 0 aliphatic heterocycles. The van der Waals surface area contributed by atoms with Crippen LogP contribution in [0.25, 0.3) is 5.69 Å². The summed E-state index contributed by atoms with van der Waals surface area (Å²) in [5.41, 5.74) is 0.116. The van der Waals surface area contributed by atoms with E-state index in [1.807, 2.05) is 0 Å². The number of carboxylic acid groups (broad SMARTS) is 1. The lowest BCUT2D eigenvalue weighted by molar-refractivity contribution is 0.0632. The first-order chi connectivity index (χ1) is 10.3. The number of benzene rings is 1. The van der Waals surface area contributed by atoms with Crippen LogP contribution in [0.5, 0.6) is 0 Å². The normalized spacial score (nSPS) is 11.0. The van der Waals surface area contributed by atoms with Gasteiger partial charge in [0.15, 0.2) is 0 Å². The number of hydrogen-bond acceptors (Lipinski definition) is 5. The van der Waals surface area contributed by atoms with Crippen LogP contribution in [0, 0.1) is 0 Å². The van der Waals surface area contributed by atoms with Gasteiger partial charge in [0.05, 0.1) is 16.9 Å². The molecule has 0 aliphatic carbocycles. The Morgan fingerprint density at radius 2 is 2.05 bits per heavy atom. The third-order valence-corrected chi connectivity index (χ3v) is 2.54. The van der Waals surface area contributed by atoms with E-state index in [2.05, 4.69) is 15.4 Å². The molecule has 0 saturated carbocycles. The Morgan fingerprint density at radius 1 is 1.32 bits per heavy atom. The van der Waals surface area contributed by atoms with Crippen LogP contribution in [0.1, 0.15) is 31.1 Å². The summed E-state index contributed by atoms with van der Waals surface area (Å²) in [7, 11) is 0. The van der Waals surface area contributed by atoms with Gasteiger partial charge in [-0.15, -0.1) is 0 Å². The lowest BCUT2D eigenvalue weighted by atomic mass is 10.1. The van der Waals surface area contributed by atoms with Crippen molar-refractivity contribution >= 4 is 17.7 Å². The Hall–Kier alpha value is -2.90. The smallest absolute Gasteiger partial charge is 0.412 e. The van der Waals surface area contributed by atoms with Crippen molar-refractivity contribution in [1.29, 1.82) is 0 Å². The van der Waals surface area contributed by atoms with Crippen LogP contribution in [0.15, 0.2) is 30.9 Å². The highest BCUT2D eigenvalue weighted by Gasteiger charge is 2.18. The topological polar surface area (TPSA) is 106 Å². The molecule has 0 unspecified atom stereocenters. The van der Waals surface area contributed by atoms with Crippen molar-refractivity contribution < 1.29 is 19.4 Å². The summed E-state index contributed by atoms with van der Waals surface area (Å²) in [5, 5.41) is 15.6. The van der Waals surface area contributed by atoms with Crippen molar-refractivity contribution in [2.75, 3.05) is 5.32 Å². The molecule has 0 spiro atoms. The molecule has 1 heterocycles. The third-order valence-electron chi connectivity index (χ3n) is 2.54. The van der Waals surface area contributed by atoms with Gasteiger partial charge in [-0.1, -0.05) is 0 Å². The van der Waals surface area contributed by atoms with Crippen molar-refractivity contribution in [2.24, 2.45) is 0 Å². The van der Waals surface area contributed by atoms with E-state index < -0.39 is 17.7 Å². The average Bonchev–Trinajstić information content (AvgIpc) is 2.89. The zero-order valence-corrected chi connectivity index (χ0v) is 12.4. The number of anilines is 1. The number of ether oxygens (including phenoxy) is 1. The molecule has 22 heavy (non-hydrogen) atoms. The van der Waals surface area contributed by atoms with Crippen LogP contribution >= 0.6 is 0 Å². The summed E-state index contributed by atoms with van der Waals surface area (Å²) in [6.07, 6.45) is 2.09. The fraction of sp³-hybridized carbons (Fsp3) is 0.286. The second-order valence-corrected chi connectivity index (χ2v) is 5.50. The van der Waals surface area contributed by atoms with Crippen LogP contribution < -0.4 is 5.32 Å². The van der Waals surface area contributed by atoms with Crippen LogP contribution in [-0.2, 0) is 4.74 Å². The Bertz CT molecular complexity index is 689. The number of rotatable bonds is 3. The summed E-state index contributed by atoms with van der Waals surface area (Å²) in [5.74, 6) is -1.10. The predicted molar refractivity (Wildman–Crippen MR) is 78.2 cm³/mol. The van der Waals surface area contributed by atoms with E-state index in [1.54, 1.807) is 20.8 Å². The molecular formula is C14H16N4O4. The molecule has 0 fully saturated rings. The monoisotopic (exact) mass is 304 g/mol. The number of aromatic nitrogens is 3. The van der Waals surface area contributed by atoms with E-state index >= 15 is 0 Å². The summed E-state index contributed by atoms with van der Waals surface area (Å²) < 4.78 is 6.59. The van der Waals surface area contributed by atoms with Crippen LogP contribution in [0.3, 0.4) is 0 Å². The fourth-order valence-electron chi connectivity index (χ4n) is 1.72. The van der Waals surface area contributed by atoms with E-state index in [0.29, 0.717) is 5.69 Å². The van der Waals surface area contributed by atoms with E-state index in [1.165, 1.54) is 35.5 Å². The van der Waals surface area contributed by atoms with Gasteiger partial charge in [-0.25, -0.2) is 19.3 Å². The number of hydrogen-bond donors (Lipinski definition) is 2. The zero-order valence-electron chi connectivity index (χ0n) is 12.4. The minimum atomic E-state index is -1.10. The molecule has 0 aliphatic rings. The van der Waals surface area contributed by atoms with Gasteiger partial charge in [-0.05, 0) is 39.0 Å². The Labute approximate surface area is 126 Å². The molecular weight excluding hydrogens is 288 g/mol. The molecule has 0 atom stereocenters. The zero-order chi connectivity index (χ0) is 16.3. The van der Waals surface area contributed by atoms with Crippen molar-refractivity contribution in [1.82, 2.24) is 14.8 Å². The molecule has 1 amide bonds. The molecule has 2 aromatic rings. The van der Waals surface area contributed by atoms with Crippen LogP contribution in [0.2, 0.25) is 0 Å². The van der Waals surface area contributed by atoms with Gasteiger partial charge in [-0.2, -0.15) is 5.10 Å². The van der Waals surface area contributed by atoms with Crippen molar-refractivity contribution in [3.8, 4) is 5.69 Å². The van der Waals surface area contributed by atoms with Crippen molar-refractivity contribution in [3.63, 3.8) is 0 Å². The van der Waals surface area contributed by atoms with Gasteiger partial charge in [-0.3, -0.25) is 5.32 Å². The average molecular weight is 304 g/mol. The summed E-state index contributed by atoms with van der Waals surface area (Å²) >= 11 is 0. The van der Waals surface area contributed by atoms with Gasteiger partial charge in [0.1, 0.15) is 18.3 Å². The first-order valence-corrected chi connectivity index (χ1v) is 6.48. The first kappa shape index (κ1) is 15.5. The van der Waals surface area contributed by atoms with Gasteiger partial charge < -0.3 is 9.84 Å². The minimum absolute atomic E-state index is 0.0370. The van der Waals surface area contributed by atoms with E-state index in [9.17, 15) is 9.59 Å². The van der Waals surface area contributed by atoms with E-state index in [0.717, 1.165) is 0 Å². The second kappa shape index (κ2) is 5.84. The Kier molecular flexibility index (Phi) is 4.11.